The molecular weight excluding hydrogens is 262 g/mol. The van der Waals surface area contributed by atoms with Crippen molar-refractivity contribution >= 4 is 11.4 Å². The fourth-order valence-corrected chi connectivity index (χ4v) is 1.80. The van der Waals surface area contributed by atoms with E-state index in [-0.39, 0.29) is 5.69 Å². The van der Waals surface area contributed by atoms with Crippen LogP contribution in [0.1, 0.15) is 12.7 Å². The van der Waals surface area contributed by atoms with Crippen molar-refractivity contribution in [3.8, 4) is 5.75 Å². The van der Waals surface area contributed by atoms with E-state index in [1.807, 2.05) is 11.5 Å². The molecule has 8 nitrogen and oxygen atoms in total. The van der Waals surface area contributed by atoms with Crippen molar-refractivity contribution < 1.29 is 9.66 Å². The van der Waals surface area contributed by atoms with Crippen LogP contribution in [0, 0.1) is 10.1 Å². The number of benzene rings is 1. The minimum absolute atomic E-state index is 0.00614. The van der Waals surface area contributed by atoms with Gasteiger partial charge in [-0.2, -0.15) is 0 Å². The number of nitro groups is 1. The van der Waals surface area contributed by atoms with E-state index in [4.69, 9.17) is 4.74 Å². The maximum atomic E-state index is 11.0. The van der Waals surface area contributed by atoms with Crippen LogP contribution in [0.5, 0.6) is 5.75 Å². The summed E-state index contributed by atoms with van der Waals surface area (Å²) in [5, 5.41) is 21.8. The number of anilines is 1. The molecule has 0 aliphatic carbocycles. The van der Waals surface area contributed by atoms with Crippen LogP contribution in [0.4, 0.5) is 11.4 Å². The van der Waals surface area contributed by atoms with Crippen LogP contribution >= 0.6 is 0 Å². The Morgan fingerprint density at radius 2 is 2.30 bits per heavy atom. The molecule has 1 heterocycles. The number of nitrogens with one attached hydrogen (secondary N) is 1. The van der Waals surface area contributed by atoms with Gasteiger partial charge in [0.15, 0.2) is 5.82 Å². The molecule has 20 heavy (non-hydrogen) atoms. The Labute approximate surface area is 115 Å². The summed E-state index contributed by atoms with van der Waals surface area (Å²) in [6.07, 6.45) is 1.62. The Kier molecular flexibility index (Phi) is 4.14. The number of hydrogen-bond donors (Lipinski definition) is 1. The maximum absolute atomic E-state index is 11.0. The summed E-state index contributed by atoms with van der Waals surface area (Å²) >= 11 is 0. The molecule has 2 aromatic rings. The van der Waals surface area contributed by atoms with Crippen LogP contribution in [0.15, 0.2) is 24.5 Å². The maximum Gasteiger partial charge on any atom is 0.292 e. The zero-order chi connectivity index (χ0) is 14.5. The Morgan fingerprint density at radius 3 is 2.95 bits per heavy atom. The molecule has 106 valence electrons. The fraction of sp³-hybridized carbons (Fsp3) is 0.333. The molecule has 0 bridgehead atoms. The van der Waals surface area contributed by atoms with Gasteiger partial charge < -0.3 is 14.6 Å². The average molecular weight is 277 g/mol. The average Bonchev–Trinajstić information content (AvgIpc) is 2.91. The van der Waals surface area contributed by atoms with Gasteiger partial charge in [-0.05, 0) is 13.0 Å². The third-order valence-electron chi connectivity index (χ3n) is 2.87. The zero-order valence-electron chi connectivity index (χ0n) is 11.2. The number of ether oxygens (including phenoxy) is 1. The monoisotopic (exact) mass is 277 g/mol. The standard InChI is InChI=1S/C12H15N5O3/c1-3-16-8-14-15-12(16)7-13-10-6-9(20-2)4-5-11(10)17(18)19/h4-6,8,13H,3,7H2,1-2H3. The van der Waals surface area contributed by atoms with Crippen molar-refractivity contribution in [3.63, 3.8) is 0 Å². The summed E-state index contributed by atoms with van der Waals surface area (Å²) in [5.74, 6) is 1.26. The lowest BCUT2D eigenvalue weighted by Crippen LogP contribution is -2.08. The van der Waals surface area contributed by atoms with Gasteiger partial charge in [0.1, 0.15) is 17.8 Å². The first kappa shape index (κ1) is 13.8. The fourth-order valence-electron chi connectivity index (χ4n) is 1.80. The van der Waals surface area contributed by atoms with E-state index >= 15 is 0 Å². The van der Waals surface area contributed by atoms with Gasteiger partial charge in [-0.3, -0.25) is 10.1 Å². The smallest absolute Gasteiger partial charge is 0.292 e. The minimum atomic E-state index is -0.438. The topological polar surface area (TPSA) is 95.1 Å². The van der Waals surface area contributed by atoms with Crippen molar-refractivity contribution in [2.45, 2.75) is 20.0 Å². The molecule has 0 unspecified atom stereocenters. The first-order chi connectivity index (χ1) is 9.65. The van der Waals surface area contributed by atoms with Crippen LogP contribution in [0.3, 0.4) is 0 Å². The summed E-state index contributed by atoms with van der Waals surface area (Å²) in [5.41, 5.74) is 0.383. The highest BCUT2D eigenvalue weighted by Crippen LogP contribution is 2.29. The lowest BCUT2D eigenvalue weighted by Gasteiger charge is -2.09. The molecule has 0 aliphatic rings. The zero-order valence-corrected chi connectivity index (χ0v) is 11.2. The highest BCUT2D eigenvalue weighted by molar-refractivity contribution is 5.64. The summed E-state index contributed by atoms with van der Waals surface area (Å²) in [7, 11) is 1.51. The summed E-state index contributed by atoms with van der Waals surface area (Å²) in [6, 6.07) is 4.55. The van der Waals surface area contributed by atoms with Crippen molar-refractivity contribution in [1.29, 1.82) is 0 Å². The predicted molar refractivity (Wildman–Crippen MR) is 72.7 cm³/mol. The largest absolute Gasteiger partial charge is 0.497 e. The first-order valence-electron chi connectivity index (χ1n) is 6.08. The number of nitro benzene ring substituents is 1. The molecule has 1 aromatic carbocycles. The lowest BCUT2D eigenvalue weighted by molar-refractivity contribution is -0.384. The first-order valence-corrected chi connectivity index (χ1v) is 6.08. The summed E-state index contributed by atoms with van der Waals surface area (Å²) < 4.78 is 6.94. The van der Waals surface area contributed by atoms with Gasteiger partial charge in [-0.1, -0.05) is 0 Å². The molecular formula is C12H15N5O3. The van der Waals surface area contributed by atoms with Crippen LogP contribution in [-0.4, -0.2) is 26.8 Å². The van der Waals surface area contributed by atoms with Gasteiger partial charge in [0.2, 0.25) is 0 Å². The molecule has 0 fully saturated rings. The van der Waals surface area contributed by atoms with Crippen molar-refractivity contribution in [3.05, 3.63) is 40.5 Å². The quantitative estimate of drug-likeness (QED) is 0.639. The van der Waals surface area contributed by atoms with Crippen molar-refractivity contribution in [2.24, 2.45) is 0 Å². The number of aryl methyl sites for hydroxylation is 1. The number of methoxy groups -OCH3 is 1. The summed E-state index contributed by atoms with van der Waals surface area (Å²) in [6.45, 7) is 3.06. The van der Waals surface area contributed by atoms with Crippen LogP contribution < -0.4 is 10.1 Å². The van der Waals surface area contributed by atoms with E-state index < -0.39 is 4.92 Å². The second-order valence-corrected chi connectivity index (χ2v) is 4.03. The molecule has 0 amide bonds. The van der Waals surface area contributed by atoms with Gasteiger partial charge in [0, 0.05) is 18.7 Å². The normalized spacial score (nSPS) is 10.3. The van der Waals surface area contributed by atoms with E-state index in [1.54, 1.807) is 18.5 Å². The van der Waals surface area contributed by atoms with Crippen LogP contribution in [-0.2, 0) is 13.1 Å². The number of nitrogens with zero attached hydrogens (tertiary/aromatic N) is 4. The SMILES string of the molecule is CCn1cnnc1CNc1cc(OC)ccc1[N+](=O)[O-]. The van der Waals surface area contributed by atoms with E-state index in [9.17, 15) is 10.1 Å². The lowest BCUT2D eigenvalue weighted by atomic mass is 10.2. The van der Waals surface area contributed by atoms with Gasteiger partial charge in [0.25, 0.3) is 5.69 Å². The Balaban J connectivity index is 2.21. The molecule has 2 rings (SSSR count). The molecule has 8 heteroatoms. The second kappa shape index (κ2) is 6.00. The highest BCUT2D eigenvalue weighted by atomic mass is 16.6. The molecule has 0 aliphatic heterocycles. The van der Waals surface area contributed by atoms with Crippen molar-refractivity contribution in [2.75, 3.05) is 12.4 Å². The van der Waals surface area contributed by atoms with Crippen LogP contribution in [0.2, 0.25) is 0 Å². The van der Waals surface area contributed by atoms with E-state index in [1.165, 1.54) is 13.2 Å². The van der Waals surface area contributed by atoms with Gasteiger partial charge >= 0.3 is 0 Å². The molecule has 1 N–H and O–H groups in total. The Hall–Kier alpha value is -2.64. The third-order valence-corrected chi connectivity index (χ3v) is 2.87. The highest BCUT2D eigenvalue weighted by Gasteiger charge is 2.15. The summed E-state index contributed by atoms with van der Waals surface area (Å²) in [4.78, 5) is 10.6. The molecule has 0 atom stereocenters. The Morgan fingerprint density at radius 1 is 1.50 bits per heavy atom. The van der Waals surface area contributed by atoms with Gasteiger partial charge in [0.05, 0.1) is 18.6 Å². The Bertz CT molecular complexity index is 611. The van der Waals surface area contributed by atoms with Crippen LogP contribution in [0.25, 0.3) is 0 Å². The minimum Gasteiger partial charge on any atom is -0.497 e. The number of rotatable bonds is 6. The molecule has 0 radical (unpaired) electrons. The second-order valence-electron chi connectivity index (χ2n) is 4.03. The van der Waals surface area contributed by atoms with E-state index in [0.29, 0.717) is 23.8 Å². The van der Waals surface area contributed by atoms with Gasteiger partial charge in [-0.15, -0.1) is 10.2 Å². The number of hydrogen-bond acceptors (Lipinski definition) is 6. The van der Waals surface area contributed by atoms with Crippen molar-refractivity contribution in [1.82, 2.24) is 14.8 Å². The predicted octanol–water partition coefficient (Wildman–Crippen LogP) is 1.83. The van der Waals surface area contributed by atoms with E-state index in [0.717, 1.165) is 6.54 Å². The molecule has 0 spiro atoms. The molecule has 0 saturated carbocycles. The molecule has 1 aromatic heterocycles. The molecule has 0 saturated heterocycles. The van der Waals surface area contributed by atoms with E-state index in [2.05, 4.69) is 15.5 Å². The number of aromatic nitrogens is 3. The van der Waals surface area contributed by atoms with Gasteiger partial charge in [-0.25, -0.2) is 0 Å². The third kappa shape index (κ3) is 2.85.